The number of benzene rings is 2. The molecule has 0 aliphatic carbocycles. The van der Waals surface area contributed by atoms with Crippen LogP contribution in [0.5, 0.6) is 0 Å². The predicted molar refractivity (Wildman–Crippen MR) is 137 cm³/mol. The van der Waals surface area contributed by atoms with Crippen molar-refractivity contribution >= 4 is 11.7 Å². The van der Waals surface area contributed by atoms with Crippen molar-refractivity contribution in [3.05, 3.63) is 71.8 Å². The molecule has 2 rings (SSSR count). The molecule has 0 aliphatic heterocycles. The van der Waals surface area contributed by atoms with Gasteiger partial charge in [-0.3, -0.25) is 9.59 Å². The maximum atomic E-state index is 13.7. The van der Waals surface area contributed by atoms with Crippen LogP contribution in [0.1, 0.15) is 85.0 Å². The van der Waals surface area contributed by atoms with E-state index in [-0.39, 0.29) is 35.7 Å². The van der Waals surface area contributed by atoms with Gasteiger partial charge in [0, 0.05) is 22.8 Å². The molecule has 0 spiro atoms. The van der Waals surface area contributed by atoms with Gasteiger partial charge in [-0.1, -0.05) is 116 Å². The van der Waals surface area contributed by atoms with E-state index in [2.05, 4.69) is 48.7 Å². The van der Waals surface area contributed by atoms with E-state index >= 15 is 0 Å². The van der Waals surface area contributed by atoms with Gasteiger partial charge in [0.2, 0.25) is 5.91 Å². The van der Waals surface area contributed by atoms with Gasteiger partial charge in [0.15, 0.2) is 0 Å². The topological polar surface area (TPSA) is 58.2 Å². The van der Waals surface area contributed by atoms with Gasteiger partial charge in [-0.05, 0) is 17.5 Å². The van der Waals surface area contributed by atoms with Gasteiger partial charge < -0.3 is 10.6 Å². The Hall–Kier alpha value is -2.46. The molecule has 0 aromatic heterocycles. The fourth-order valence-corrected chi connectivity index (χ4v) is 4.81. The second-order valence-corrected chi connectivity index (χ2v) is 11.0. The first kappa shape index (κ1) is 26.8. The van der Waals surface area contributed by atoms with E-state index < -0.39 is 10.8 Å². The lowest BCUT2D eigenvalue weighted by atomic mass is 9.70. The summed E-state index contributed by atoms with van der Waals surface area (Å²) in [6, 6.07) is 20.2. The van der Waals surface area contributed by atoms with Crippen LogP contribution in [0, 0.1) is 16.7 Å². The molecule has 0 radical (unpaired) electrons. The fraction of sp³-hybridized carbons (Fsp3) is 0.517. The molecule has 0 bridgehead atoms. The number of rotatable bonds is 11. The Labute approximate surface area is 200 Å². The molecule has 180 valence electrons. The van der Waals surface area contributed by atoms with E-state index in [1.54, 1.807) is 0 Å². The summed E-state index contributed by atoms with van der Waals surface area (Å²) < 4.78 is 0. The second kappa shape index (κ2) is 11.1. The predicted octanol–water partition coefficient (Wildman–Crippen LogP) is 6.25. The van der Waals surface area contributed by atoms with Gasteiger partial charge in [0.05, 0.1) is 12.1 Å². The zero-order valence-electron chi connectivity index (χ0n) is 21.6. The average Bonchev–Trinajstić information content (AvgIpc) is 2.75. The maximum absolute atomic E-state index is 13.7. The smallest absolute Gasteiger partial charge is 0.226 e. The van der Waals surface area contributed by atoms with Crippen LogP contribution in [0.3, 0.4) is 0 Å². The van der Waals surface area contributed by atoms with Gasteiger partial charge in [-0.25, -0.2) is 0 Å². The number of ketones is 1. The van der Waals surface area contributed by atoms with Crippen molar-refractivity contribution < 1.29 is 9.59 Å². The molecule has 4 nitrogen and oxygen atoms in total. The highest BCUT2D eigenvalue weighted by molar-refractivity contribution is 5.88. The fourth-order valence-electron chi connectivity index (χ4n) is 4.81. The lowest BCUT2D eigenvalue weighted by molar-refractivity contribution is -0.137. The monoisotopic (exact) mass is 450 g/mol. The van der Waals surface area contributed by atoms with Crippen LogP contribution in [0.2, 0.25) is 0 Å². The Balaban J connectivity index is 2.40. The van der Waals surface area contributed by atoms with Crippen molar-refractivity contribution in [2.24, 2.45) is 16.7 Å². The zero-order chi connectivity index (χ0) is 24.8. The van der Waals surface area contributed by atoms with Crippen molar-refractivity contribution in [2.75, 3.05) is 0 Å². The molecule has 2 N–H and O–H groups in total. The summed E-state index contributed by atoms with van der Waals surface area (Å²) in [5, 5.41) is 7.02. The molecule has 0 heterocycles. The van der Waals surface area contributed by atoms with Crippen LogP contribution in [-0.4, -0.2) is 17.7 Å². The first-order valence-corrected chi connectivity index (χ1v) is 12.1. The van der Waals surface area contributed by atoms with E-state index in [1.165, 1.54) is 0 Å². The first-order valence-electron chi connectivity index (χ1n) is 12.1. The molecule has 2 atom stereocenters. The summed E-state index contributed by atoms with van der Waals surface area (Å²) in [5.74, 6) is 0.0766. The van der Waals surface area contributed by atoms with E-state index in [0.29, 0.717) is 6.42 Å². The van der Waals surface area contributed by atoms with Crippen LogP contribution in [0.15, 0.2) is 60.7 Å². The Morgan fingerprint density at radius 1 is 0.727 bits per heavy atom. The van der Waals surface area contributed by atoms with Crippen LogP contribution in [-0.2, 0) is 9.59 Å². The van der Waals surface area contributed by atoms with E-state index in [1.807, 2.05) is 77.9 Å². The number of nitrogens with one attached hydrogen (secondary N) is 2. The summed E-state index contributed by atoms with van der Waals surface area (Å²) in [4.78, 5) is 26.5. The van der Waals surface area contributed by atoms with Gasteiger partial charge in [0.1, 0.15) is 5.78 Å². The molecule has 2 aromatic rings. The molecule has 4 heteroatoms. The summed E-state index contributed by atoms with van der Waals surface area (Å²) in [6.07, 6.45) is 0.484. The lowest BCUT2D eigenvalue weighted by Gasteiger charge is -2.37. The third-order valence-electron chi connectivity index (χ3n) is 6.14. The molecule has 2 aromatic carbocycles. The SMILES string of the molecule is CC(C)N[C@@H](c1ccccc1)[C@@H](NC(=O)C(C)(C)CC(C)(C)C(=O)C(C)C)c1ccccc1. The molecular weight excluding hydrogens is 408 g/mol. The highest BCUT2D eigenvalue weighted by Crippen LogP contribution is 2.38. The van der Waals surface area contributed by atoms with E-state index in [9.17, 15) is 9.59 Å². The van der Waals surface area contributed by atoms with Gasteiger partial charge >= 0.3 is 0 Å². The highest BCUT2D eigenvalue weighted by Gasteiger charge is 2.41. The van der Waals surface area contributed by atoms with Crippen molar-refractivity contribution in [3.63, 3.8) is 0 Å². The van der Waals surface area contributed by atoms with Crippen LogP contribution in [0.25, 0.3) is 0 Å². The Kier molecular flexibility index (Phi) is 9.02. The van der Waals surface area contributed by atoms with Crippen molar-refractivity contribution in [1.29, 1.82) is 0 Å². The molecular formula is C29H42N2O2. The quantitative estimate of drug-likeness (QED) is 0.425. The van der Waals surface area contributed by atoms with Crippen LogP contribution >= 0.6 is 0 Å². The number of amides is 1. The highest BCUT2D eigenvalue weighted by atomic mass is 16.2. The minimum atomic E-state index is -0.708. The zero-order valence-corrected chi connectivity index (χ0v) is 21.6. The van der Waals surface area contributed by atoms with Crippen LogP contribution < -0.4 is 10.6 Å². The Bertz CT molecular complexity index is 902. The molecule has 0 aliphatic rings. The Morgan fingerprint density at radius 2 is 1.18 bits per heavy atom. The normalized spacial score (nSPS) is 14.2. The van der Waals surface area contributed by atoms with Crippen molar-refractivity contribution in [1.82, 2.24) is 10.6 Å². The molecule has 0 fully saturated rings. The van der Waals surface area contributed by atoms with E-state index in [4.69, 9.17) is 0 Å². The third-order valence-corrected chi connectivity index (χ3v) is 6.14. The summed E-state index contributed by atoms with van der Waals surface area (Å²) in [7, 11) is 0. The molecule has 0 unspecified atom stereocenters. The van der Waals surface area contributed by atoms with E-state index in [0.717, 1.165) is 11.1 Å². The number of hydrogen-bond donors (Lipinski definition) is 2. The van der Waals surface area contributed by atoms with Crippen molar-refractivity contribution in [3.8, 4) is 0 Å². The molecule has 0 saturated heterocycles. The summed E-state index contributed by atoms with van der Waals surface area (Å²) >= 11 is 0. The lowest BCUT2D eigenvalue weighted by Crippen LogP contribution is -2.47. The number of carbonyl (C=O) groups excluding carboxylic acids is 2. The minimum absolute atomic E-state index is 0.0486. The van der Waals surface area contributed by atoms with Gasteiger partial charge in [-0.15, -0.1) is 0 Å². The van der Waals surface area contributed by atoms with Gasteiger partial charge in [0.25, 0.3) is 0 Å². The van der Waals surface area contributed by atoms with Gasteiger partial charge in [-0.2, -0.15) is 0 Å². The molecule has 0 saturated carbocycles. The summed E-state index contributed by atoms with van der Waals surface area (Å²) in [6.45, 7) is 15.8. The Morgan fingerprint density at radius 3 is 1.61 bits per heavy atom. The average molecular weight is 451 g/mol. The first-order chi connectivity index (χ1) is 15.3. The third kappa shape index (κ3) is 7.26. The molecule has 1 amide bonds. The standard InChI is InChI=1S/C29H42N2O2/c1-20(2)26(32)28(5,6)19-29(7,8)27(33)31-25(23-17-13-10-14-18-23)24(30-21(3)4)22-15-11-9-12-16-22/h9-18,20-21,24-25,30H,19H2,1-8H3,(H,31,33)/t24-,25-/m0/s1. The minimum Gasteiger partial charge on any atom is -0.347 e. The number of hydrogen-bond acceptors (Lipinski definition) is 3. The number of carbonyl (C=O) groups is 2. The second-order valence-electron chi connectivity index (χ2n) is 11.0. The largest absolute Gasteiger partial charge is 0.347 e. The van der Waals surface area contributed by atoms with Crippen molar-refractivity contribution in [2.45, 2.75) is 79.9 Å². The maximum Gasteiger partial charge on any atom is 0.226 e. The molecule has 33 heavy (non-hydrogen) atoms. The van der Waals surface area contributed by atoms with Crippen LogP contribution in [0.4, 0.5) is 0 Å². The summed E-state index contributed by atoms with van der Waals surface area (Å²) in [5.41, 5.74) is 0.876. The number of Topliss-reactive ketones (excluding diaryl/α,β-unsaturated/α-hetero) is 1.